The first-order valence-electron chi connectivity index (χ1n) is 31.1. The summed E-state index contributed by atoms with van der Waals surface area (Å²) in [4.78, 5) is 72.7. The van der Waals surface area contributed by atoms with Gasteiger partial charge >= 0.3 is 0 Å². The van der Waals surface area contributed by atoms with Crippen LogP contribution in [0.15, 0.2) is 0 Å². The molecule has 35 nitrogen and oxygen atoms in total. The molecule has 35 heteroatoms. The SMILES string of the molecule is CC(=O)NC1C(CCCOCCOCCNC(=O)CCOCC(C)(COCCC(=O)NCCOCCOCCOC2OC(CO)C(O)C(O)C2NC(C)=O)COCCC(=O)NCCOCCOCCOC2OC(CO)C(O)C(O)C2NC(C)=O)OC(CO)C(O)C1O. The summed E-state index contributed by atoms with van der Waals surface area (Å²) in [6.45, 7) is 7.50. The zero-order valence-corrected chi connectivity index (χ0v) is 53.3. The predicted octanol–water partition coefficient (Wildman–Crippen LogP) is -7.65. The molecule has 0 aliphatic carbocycles. The van der Waals surface area contributed by atoms with Gasteiger partial charge in [-0.05, 0) is 12.8 Å². The molecule has 92 heavy (non-hydrogen) atoms. The summed E-state index contributed by atoms with van der Waals surface area (Å²) in [5.74, 6) is -2.20. The van der Waals surface area contributed by atoms with Crippen molar-refractivity contribution in [2.45, 2.75) is 152 Å². The van der Waals surface area contributed by atoms with Crippen LogP contribution in [0.1, 0.15) is 59.8 Å². The molecule has 0 saturated carbocycles. The van der Waals surface area contributed by atoms with Crippen molar-refractivity contribution >= 4 is 35.4 Å². The van der Waals surface area contributed by atoms with Crippen LogP contribution in [-0.4, -0.2) is 345 Å². The smallest absolute Gasteiger partial charge is 0.222 e. The fraction of sp³-hybridized carbons (Fsp3) is 0.895. The molecule has 0 aromatic carbocycles. The van der Waals surface area contributed by atoms with Gasteiger partial charge in [-0.25, -0.2) is 0 Å². The minimum atomic E-state index is -1.43. The molecule has 15 unspecified atom stereocenters. The van der Waals surface area contributed by atoms with E-state index < -0.39 is 135 Å². The lowest BCUT2D eigenvalue weighted by Gasteiger charge is -2.42. The fourth-order valence-electron chi connectivity index (χ4n) is 9.51. The number of nitrogens with one attached hydrogen (secondary N) is 6. The zero-order valence-electron chi connectivity index (χ0n) is 53.3. The molecule has 15 atom stereocenters. The number of carbonyl (C=O) groups excluding carboxylic acids is 6. The number of hydrogen-bond donors (Lipinski definition) is 15. The van der Waals surface area contributed by atoms with Crippen molar-refractivity contribution in [3.63, 3.8) is 0 Å². The van der Waals surface area contributed by atoms with E-state index in [-0.39, 0.29) is 182 Å². The number of rotatable bonds is 51. The Balaban J connectivity index is 1.31. The van der Waals surface area contributed by atoms with E-state index >= 15 is 0 Å². The molecular formula is C57H104N6O29. The maximum Gasteiger partial charge on any atom is 0.222 e. The minimum absolute atomic E-state index is 0.000685. The Morgan fingerprint density at radius 3 is 1.02 bits per heavy atom. The van der Waals surface area contributed by atoms with Gasteiger partial charge in [-0.1, -0.05) is 6.92 Å². The van der Waals surface area contributed by atoms with E-state index in [4.69, 9.17) is 66.3 Å². The first-order chi connectivity index (χ1) is 44.1. The zero-order chi connectivity index (χ0) is 67.7. The second-order valence-electron chi connectivity index (χ2n) is 22.3. The van der Waals surface area contributed by atoms with Gasteiger partial charge in [-0.3, -0.25) is 28.8 Å². The molecule has 0 bridgehead atoms. The number of amides is 6. The summed E-state index contributed by atoms with van der Waals surface area (Å²) in [5, 5.41) is 106. The Labute approximate surface area is 535 Å². The highest BCUT2D eigenvalue weighted by Gasteiger charge is 2.47. The highest BCUT2D eigenvalue weighted by molar-refractivity contribution is 5.77. The summed E-state index contributed by atoms with van der Waals surface area (Å²) in [6, 6.07) is -2.99. The van der Waals surface area contributed by atoms with Crippen LogP contribution < -0.4 is 31.9 Å². The Bertz CT molecular complexity index is 1830. The van der Waals surface area contributed by atoms with E-state index in [1.807, 2.05) is 6.92 Å². The average molecular weight is 1340 g/mol. The maximum absolute atomic E-state index is 12.6. The van der Waals surface area contributed by atoms with Crippen LogP contribution in [0.25, 0.3) is 0 Å². The molecule has 6 amide bonds. The Kier molecular flexibility index (Phi) is 42.6. The van der Waals surface area contributed by atoms with Crippen molar-refractivity contribution in [2.75, 3.05) is 172 Å². The number of aliphatic hydroxyl groups is 9. The van der Waals surface area contributed by atoms with Gasteiger partial charge < -0.3 is 144 Å². The normalized spacial score (nSPS) is 27.2. The summed E-state index contributed by atoms with van der Waals surface area (Å²) >= 11 is 0. The highest BCUT2D eigenvalue weighted by Crippen LogP contribution is 2.26. The Hall–Kier alpha value is -4.10. The lowest BCUT2D eigenvalue weighted by Crippen LogP contribution is -2.64. The molecule has 15 N–H and O–H groups in total. The summed E-state index contributed by atoms with van der Waals surface area (Å²) in [7, 11) is 0. The molecule has 0 spiro atoms. The molecule has 3 rings (SSSR count). The number of ether oxygens (including phenoxy) is 14. The second kappa shape index (κ2) is 47.7. The van der Waals surface area contributed by atoms with Gasteiger partial charge in [0.05, 0.1) is 157 Å². The van der Waals surface area contributed by atoms with Gasteiger partial charge in [-0.15, -0.1) is 0 Å². The molecule has 0 aromatic heterocycles. The monoisotopic (exact) mass is 1340 g/mol. The Morgan fingerprint density at radius 1 is 0.370 bits per heavy atom. The van der Waals surface area contributed by atoms with Gasteiger partial charge in [0.15, 0.2) is 12.6 Å². The van der Waals surface area contributed by atoms with Crippen molar-refractivity contribution in [2.24, 2.45) is 5.41 Å². The van der Waals surface area contributed by atoms with Crippen molar-refractivity contribution in [3.05, 3.63) is 0 Å². The first kappa shape index (κ1) is 82.1. The average Bonchev–Trinajstić information content (AvgIpc) is 0.853. The van der Waals surface area contributed by atoms with Crippen LogP contribution in [0.2, 0.25) is 0 Å². The highest BCUT2D eigenvalue weighted by atomic mass is 16.7. The number of hydrogen-bond acceptors (Lipinski definition) is 29. The summed E-state index contributed by atoms with van der Waals surface area (Å²) < 4.78 is 78.9. The van der Waals surface area contributed by atoms with Crippen LogP contribution in [-0.2, 0) is 95.1 Å². The van der Waals surface area contributed by atoms with Gasteiger partial charge in [0.1, 0.15) is 67.0 Å². The molecule has 0 aromatic rings. The summed E-state index contributed by atoms with van der Waals surface area (Å²) in [6.07, 6.45) is -13.6. The molecule has 536 valence electrons. The van der Waals surface area contributed by atoms with Crippen molar-refractivity contribution in [1.29, 1.82) is 0 Å². The second-order valence-corrected chi connectivity index (χ2v) is 22.3. The van der Waals surface area contributed by atoms with Crippen molar-refractivity contribution < 1.29 is 141 Å². The van der Waals surface area contributed by atoms with E-state index in [0.717, 1.165) is 0 Å². The first-order valence-corrected chi connectivity index (χ1v) is 31.1. The predicted molar refractivity (Wildman–Crippen MR) is 316 cm³/mol. The minimum Gasteiger partial charge on any atom is -0.394 e. The van der Waals surface area contributed by atoms with Crippen LogP contribution in [0, 0.1) is 5.41 Å². The van der Waals surface area contributed by atoms with E-state index in [9.17, 15) is 74.7 Å². The van der Waals surface area contributed by atoms with Crippen molar-refractivity contribution in [3.8, 4) is 0 Å². The third kappa shape index (κ3) is 33.0. The fourth-order valence-corrected chi connectivity index (χ4v) is 9.51. The maximum atomic E-state index is 12.6. The molecule has 3 aliphatic heterocycles. The standard InChI is InChI=1S/C57H104N6O29/c1-36(67)61-46-39(90-40(30-64)49(73)52(46)76)6-5-13-79-20-21-80-17-10-58-43(70)7-14-85-33-57(4,34-86-15-8-44(71)59-11-18-81-22-24-83-26-28-88-55-47(62-37(2)68)53(77)50(74)41(31-65)91-55)35-87-16-9-45(72)60-12-19-82-23-25-84-27-29-89-56-48(63-38(3)69)54(78)51(75)42(32-66)92-56/h39-42,46-56,64-66,73-78H,5-35H2,1-4H3,(H,58,70)(H,59,71)(H,60,72)(H,61,67)(H,62,68)(H,63,69). The third-order valence-electron chi connectivity index (χ3n) is 14.3. The van der Waals surface area contributed by atoms with E-state index in [1.165, 1.54) is 20.8 Å². The van der Waals surface area contributed by atoms with Gasteiger partial charge in [-0.2, -0.15) is 0 Å². The van der Waals surface area contributed by atoms with Gasteiger partial charge in [0.2, 0.25) is 35.4 Å². The molecule has 3 aliphatic rings. The van der Waals surface area contributed by atoms with Crippen LogP contribution in [0.5, 0.6) is 0 Å². The third-order valence-corrected chi connectivity index (χ3v) is 14.3. The summed E-state index contributed by atoms with van der Waals surface area (Å²) in [5.41, 5.74) is -0.765. The van der Waals surface area contributed by atoms with E-state index in [1.54, 1.807) is 0 Å². The molecule has 3 fully saturated rings. The van der Waals surface area contributed by atoms with Crippen LogP contribution in [0.3, 0.4) is 0 Å². The molecule has 0 radical (unpaired) electrons. The largest absolute Gasteiger partial charge is 0.394 e. The quantitative estimate of drug-likeness (QED) is 0.0252. The lowest BCUT2D eigenvalue weighted by molar-refractivity contribution is -0.272. The van der Waals surface area contributed by atoms with Crippen LogP contribution in [0.4, 0.5) is 0 Å². The topological polar surface area (TPSA) is 486 Å². The Morgan fingerprint density at radius 2 is 0.674 bits per heavy atom. The number of carbonyl (C=O) groups is 6. The lowest BCUT2D eigenvalue weighted by atomic mass is 9.90. The van der Waals surface area contributed by atoms with E-state index in [2.05, 4.69) is 31.9 Å². The number of aliphatic hydroxyl groups excluding tert-OH is 9. The van der Waals surface area contributed by atoms with E-state index in [0.29, 0.717) is 19.4 Å². The van der Waals surface area contributed by atoms with Crippen LogP contribution >= 0.6 is 0 Å². The van der Waals surface area contributed by atoms with Gasteiger partial charge in [0, 0.05) is 71.7 Å². The molecule has 3 saturated heterocycles. The molecule has 3 heterocycles. The molecular weight excluding hydrogens is 1230 g/mol. The van der Waals surface area contributed by atoms with Crippen molar-refractivity contribution in [1.82, 2.24) is 31.9 Å². The van der Waals surface area contributed by atoms with Gasteiger partial charge in [0.25, 0.3) is 0 Å².